The van der Waals surface area contributed by atoms with Gasteiger partial charge in [-0.1, -0.05) is 30.7 Å². The predicted molar refractivity (Wildman–Crippen MR) is 83.5 cm³/mol. The topological polar surface area (TPSA) is 49.4 Å². The average molecular weight is 317 g/mol. The first-order chi connectivity index (χ1) is 9.43. The summed E-state index contributed by atoms with van der Waals surface area (Å²) in [4.78, 5) is 0.200. The minimum Gasteiger partial charge on any atom is -0.313 e. The summed E-state index contributed by atoms with van der Waals surface area (Å²) < 4.78 is 25.7. The van der Waals surface area contributed by atoms with Crippen molar-refractivity contribution in [1.29, 1.82) is 0 Å². The van der Waals surface area contributed by atoms with E-state index in [0.29, 0.717) is 11.6 Å². The Morgan fingerprint density at radius 1 is 1.45 bits per heavy atom. The Morgan fingerprint density at radius 2 is 2.15 bits per heavy atom. The van der Waals surface area contributed by atoms with Crippen molar-refractivity contribution in [3.8, 4) is 0 Å². The molecule has 0 aliphatic rings. The summed E-state index contributed by atoms with van der Waals surface area (Å²) in [7, 11) is -1.99. The molecule has 0 unspecified atom stereocenters. The second-order valence-electron chi connectivity index (χ2n) is 4.50. The summed E-state index contributed by atoms with van der Waals surface area (Å²) in [6, 6.07) is 4.84. The van der Waals surface area contributed by atoms with Crippen LogP contribution >= 0.6 is 11.6 Å². The van der Waals surface area contributed by atoms with E-state index in [0.717, 1.165) is 18.5 Å². The minimum absolute atomic E-state index is 0.200. The van der Waals surface area contributed by atoms with E-state index < -0.39 is 10.0 Å². The quantitative estimate of drug-likeness (QED) is 0.592. The van der Waals surface area contributed by atoms with Gasteiger partial charge in [-0.05, 0) is 30.7 Å². The van der Waals surface area contributed by atoms with Gasteiger partial charge >= 0.3 is 0 Å². The molecule has 0 saturated heterocycles. The van der Waals surface area contributed by atoms with Crippen LogP contribution in [0.1, 0.15) is 18.9 Å². The Bertz CT molecular complexity index is 558. The van der Waals surface area contributed by atoms with Crippen LogP contribution in [0.2, 0.25) is 5.02 Å². The molecule has 4 nitrogen and oxygen atoms in total. The molecule has 0 radical (unpaired) electrons. The molecule has 0 fully saturated rings. The zero-order valence-electron chi connectivity index (χ0n) is 11.9. The van der Waals surface area contributed by atoms with E-state index in [1.165, 1.54) is 17.4 Å². The number of benzene rings is 1. The first-order valence-corrected chi connectivity index (χ1v) is 8.31. The lowest BCUT2D eigenvalue weighted by Gasteiger charge is -2.16. The molecule has 0 atom stereocenters. The standard InChI is InChI=1S/C14H21ClN2O2S/c1-4-8-16-11-12-6-7-13(10-14(12)15)20(18,19)17(3)9-5-2/h5-7,10,16H,2,4,8-9,11H2,1,3H3. The normalized spacial score (nSPS) is 11.8. The van der Waals surface area contributed by atoms with Crippen molar-refractivity contribution in [3.05, 3.63) is 41.4 Å². The molecule has 112 valence electrons. The average Bonchev–Trinajstić information content (AvgIpc) is 2.41. The number of sulfonamides is 1. The van der Waals surface area contributed by atoms with Crippen LogP contribution in [0.4, 0.5) is 0 Å². The van der Waals surface area contributed by atoms with Gasteiger partial charge in [-0.3, -0.25) is 0 Å². The largest absolute Gasteiger partial charge is 0.313 e. The zero-order chi connectivity index (χ0) is 15.2. The van der Waals surface area contributed by atoms with Crippen molar-refractivity contribution in [1.82, 2.24) is 9.62 Å². The maximum absolute atomic E-state index is 12.2. The third-order valence-electron chi connectivity index (χ3n) is 2.86. The summed E-state index contributed by atoms with van der Waals surface area (Å²) >= 11 is 6.15. The molecule has 0 spiro atoms. The van der Waals surface area contributed by atoms with E-state index in [1.807, 2.05) is 0 Å². The zero-order valence-corrected chi connectivity index (χ0v) is 13.5. The molecule has 0 aliphatic heterocycles. The molecule has 6 heteroatoms. The number of hydrogen-bond acceptors (Lipinski definition) is 3. The first kappa shape index (κ1) is 17.2. The summed E-state index contributed by atoms with van der Waals surface area (Å²) in [5, 5.41) is 3.70. The van der Waals surface area contributed by atoms with Crippen molar-refractivity contribution in [2.75, 3.05) is 20.1 Å². The summed E-state index contributed by atoms with van der Waals surface area (Å²) in [5.41, 5.74) is 0.894. The number of rotatable bonds is 8. The third-order valence-corrected chi connectivity index (χ3v) is 5.03. The maximum Gasteiger partial charge on any atom is 0.243 e. The minimum atomic E-state index is -3.51. The van der Waals surface area contributed by atoms with Gasteiger partial charge in [0.15, 0.2) is 0 Å². The van der Waals surface area contributed by atoms with Crippen molar-refractivity contribution < 1.29 is 8.42 Å². The molecule has 1 aromatic carbocycles. The van der Waals surface area contributed by atoms with Crippen LogP contribution in [0.3, 0.4) is 0 Å². The van der Waals surface area contributed by atoms with Gasteiger partial charge in [0, 0.05) is 25.2 Å². The first-order valence-electron chi connectivity index (χ1n) is 6.49. The fourth-order valence-corrected chi connectivity index (χ4v) is 3.17. The molecule has 0 aromatic heterocycles. The highest BCUT2D eigenvalue weighted by molar-refractivity contribution is 7.89. The van der Waals surface area contributed by atoms with Crippen LogP contribution in [-0.2, 0) is 16.6 Å². The van der Waals surface area contributed by atoms with Gasteiger partial charge in [0.2, 0.25) is 10.0 Å². The SMILES string of the molecule is C=CCN(C)S(=O)(=O)c1ccc(CNCCC)c(Cl)c1. The summed E-state index contributed by atoms with van der Waals surface area (Å²) in [5.74, 6) is 0. The lowest BCUT2D eigenvalue weighted by Crippen LogP contribution is -2.27. The molecule has 20 heavy (non-hydrogen) atoms. The van der Waals surface area contributed by atoms with E-state index in [2.05, 4.69) is 18.8 Å². The highest BCUT2D eigenvalue weighted by atomic mass is 35.5. The molecule has 0 saturated carbocycles. The molecule has 0 heterocycles. The molecule has 1 N–H and O–H groups in total. The van der Waals surface area contributed by atoms with Gasteiger partial charge < -0.3 is 5.32 Å². The molecule has 0 aliphatic carbocycles. The molecule has 1 aromatic rings. The maximum atomic E-state index is 12.2. The van der Waals surface area contributed by atoms with Gasteiger partial charge in [-0.25, -0.2) is 8.42 Å². The lowest BCUT2D eigenvalue weighted by atomic mass is 10.2. The second kappa shape index (κ2) is 7.78. The van der Waals surface area contributed by atoms with E-state index >= 15 is 0 Å². The van der Waals surface area contributed by atoms with Crippen LogP contribution < -0.4 is 5.32 Å². The molecule has 1 rings (SSSR count). The van der Waals surface area contributed by atoms with Crippen LogP contribution in [0.5, 0.6) is 0 Å². The second-order valence-corrected chi connectivity index (χ2v) is 6.96. The number of nitrogens with one attached hydrogen (secondary N) is 1. The highest BCUT2D eigenvalue weighted by Gasteiger charge is 2.20. The van der Waals surface area contributed by atoms with E-state index in [1.54, 1.807) is 18.2 Å². The number of nitrogens with zero attached hydrogens (tertiary/aromatic N) is 1. The smallest absolute Gasteiger partial charge is 0.243 e. The Kier molecular flexibility index (Phi) is 6.68. The van der Waals surface area contributed by atoms with Crippen LogP contribution in [0.25, 0.3) is 0 Å². The number of halogens is 1. The molecular formula is C14H21ClN2O2S. The van der Waals surface area contributed by atoms with E-state index in [-0.39, 0.29) is 11.4 Å². The summed E-state index contributed by atoms with van der Waals surface area (Å²) in [6.07, 6.45) is 2.58. The Labute approximate surface area is 126 Å². The van der Waals surface area contributed by atoms with Crippen LogP contribution in [0, 0.1) is 0 Å². The van der Waals surface area contributed by atoms with Gasteiger partial charge in [0.1, 0.15) is 0 Å². The van der Waals surface area contributed by atoms with Crippen molar-refractivity contribution in [2.45, 2.75) is 24.8 Å². The highest BCUT2D eigenvalue weighted by Crippen LogP contribution is 2.22. The number of hydrogen-bond donors (Lipinski definition) is 1. The van der Waals surface area contributed by atoms with Gasteiger partial charge in [0.25, 0.3) is 0 Å². The monoisotopic (exact) mass is 316 g/mol. The fraction of sp³-hybridized carbons (Fsp3) is 0.429. The van der Waals surface area contributed by atoms with E-state index in [9.17, 15) is 8.42 Å². The fourth-order valence-electron chi connectivity index (χ4n) is 1.69. The molecule has 0 amide bonds. The van der Waals surface area contributed by atoms with Crippen molar-refractivity contribution >= 4 is 21.6 Å². The van der Waals surface area contributed by atoms with Crippen LogP contribution in [0.15, 0.2) is 35.7 Å². The predicted octanol–water partition coefficient (Wildman–Crippen LogP) is 2.65. The van der Waals surface area contributed by atoms with Gasteiger partial charge in [-0.15, -0.1) is 6.58 Å². The lowest BCUT2D eigenvalue weighted by molar-refractivity contribution is 0.499. The Balaban J connectivity index is 2.94. The Morgan fingerprint density at radius 3 is 2.70 bits per heavy atom. The summed E-state index contributed by atoms with van der Waals surface area (Å²) in [6.45, 7) is 7.42. The number of likely N-dealkylation sites (N-methyl/N-ethyl adjacent to an activating group) is 1. The van der Waals surface area contributed by atoms with Crippen molar-refractivity contribution in [2.24, 2.45) is 0 Å². The van der Waals surface area contributed by atoms with Crippen molar-refractivity contribution in [3.63, 3.8) is 0 Å². The molecule has 0 bridgehead atoms. The Hall–Kier alpha value is -0.880. The molecular weight excluding hydrogens is 296 g/mol. The van der Waals surface area contributed by atoms with Crippen LogP contribution in [-0.4, -0.2) is 32.9 Å². The van der Waals surface area contributed by atoms with Gasteiger partial charge in [-0.2, -0.15) is 4.31 Å². The van der Waals surface area contributed by atoms with E-state index in [4.69, 9.17) is 11.6 Å². The third kappa shape index (κ3) is 4.31. The van der Waals surface area contributed by atoms with Gasteiger partial charge in [0.05, 0.1) is 4.90 Å².